The molecule has 1 heterocycles. The highest BCUT2D eigenvalue weighted by Crippen LogP contribution is 1.89. The zero-order valence-corrected chi connectivity index (χ0v) is 6.68. The molecule has 0 aliphatic heterocycles. The van der Waals surface area contributed by atoms with Crippen LogP contribution in [0.1, 0.15) is 5.56 Å². The molecule has 0 fully saturated rings. The lowest BCUT2D eigenvalue weighted by molar-refractivity contribution is 0.417. The predicted molar refractivity (Wildman–Crippen MR) is 45.0 cm³/mol. The van der Waals surface area contributed by atoms with E-state index in [2.05, 4.69) is 4.98 Å². The fraction of sp³-hybridized carbons (Fsp3) is 0.143. The molecular formula is C7H9BN2O2. The first-order valence-corrected chi connectivity index (χ1v) is 3.33. The smallest absolute Gasteiger partial charge is 0.427 e. The molecule has 2 N–H and O–H groups in total. The first-order chi connectivity index (χ1) is 5.66. The van der Waals surface area contributed by atoms with Crippen molar-refractivity contribution in [2.45, 2.75) is 6.82 Å². The normalized spacial score (nSPS) is 7.50. The number of rotatable bonds is 0. The molecule has 1 aromatic rings. The second-order valence-electron chi connectivity index (χ2n) is 1.99. The Morgan fingerprint density at radius 2 is 2.17 bits per heavy atom. The molecule has 5 heteroatoms. The number of nitrogens with zero attached hydrogens (tertiary/aromatic N) is 2. The van der Waals surface area contributed by atoms with Gasteiger partial charge in [0, 0.05) is 12.4 Å². The molecule has 0 amide bonds. The van der Waals surface area contributed by atoms with E-state index in [1.54, 1.807) is 18.3 Å². The highest BCUT2D eigenvalue weighted by atomic mass is 16.4. The van der Waals surface area contributed by atoms with Crippen LogP contribution in [0.2, 0.25) is 6.82 Å². The molecule has 0 radical (unpaired) electrons. The standard InChI is InChI=1S/C6H4N2.CH5BO2/c7-4-6-2-1-3-8-5-6;1-2(3)4/h1-3,5H;3-4H,1H3. The summed E-state index contributed by atoms with van der Waals surface area (Å²) >= 11 is 0. The van der Waals surface area contributed by atoms with E-state index in [4.69, 9.17) is 15.3 Å². The first kappa shape index (κ1) is 10.6. The van der Waals surface area contributed by atoms with Crippen LogP contribution in [0.15, 0.2) is 24.5 Å². The SMILES string of the molecule is CB(O)O.N#Cc1cccnc1. The van der Waals surface area contributed by atoms with Gasteiger partial charge in [-0.25, -0.2) is 0 Å². The maximum Gasteiger partial charge on any atom is 0.448 e. The van der Waals surface area contributed by atoms with Gasteiger partial charge in [0.1, 0.15) is 6.07 Å². The van der Waals surface area contributed by atoms with Crippen molar-refractivity contribution in [2.24, 2.45) is 0 Å². The minimum Gasteiger partial charge on any atom is -0.427 e. The van der Waals surface area contributed by atoms with Crippen molar-refractivity contribution >= 4 is 7.12 Å². The van der Waals surface area contributed by atoms with Crippen molar-refractivity contribution in [2.75, 3.05) is 0 Å². The summed E-state index contributed by atoms with van der Waals surface area (Å²) in [5.41, 5.74) is 0.604. The molecular weight excluding hydrogens is 155 g/mol. The van der Waals surface area contributed by atoms with Gasteiger partial charge in [0.2, 0.25) is 0 Å². The predicted octanol–water partition coefficient (Wildman–Crippen LogP) is 0.0423. The van der Waals surface area contributed by atoms with Crippen molar-refractivity contribution in [1.29, 1.82) is 5.26 Å². The molecule has 12 heavy (non-hydrogen) atoms. The van der Waals surface area contributed by atoms with Crippen LogP contribution in [0, 0.1) is 11.3 Å². The Balaban J connectivity index is 0.000000261. The van der Waals surface area contributed by atoms with E-state index in [0.717, 1.165) is 0 Å². The van der Waals surface area contributed by atoms with Crippen LogP contribution in [0.5, 0.6) is 0 Å². The Hall–Kier alpha value is -1.38. The Morgan fingerprint density at radius 1 is 1.58 bits per heavy atom. The monoisotopic (exact) mass is 164 g/mol. The van der Waals surface area contributed by atoms with Gasteiger partial charge >= 0.3 is 7.12 Å². The van der Waals surface area contributed by atoms with E-state index < -0.39 is 7.12 Å². The molecule has 0 saturated heterocycles. The molecule has 0 bridgehead atoms. The summed E-state index contributed by atoms with van der Waals surface area (Å²) in [4.78, 5) is 3.73. The maximum absolute atomic E-state index is 8.25. The largest absolute Gasteiger partial charge is 0.448 e. The summed E-state index contributed by atoms with van der Waals surface area (Å²) in [6, 6.07) is 5.41. The van der Waals surface area contributed by atoms with Crippen LogP contribution in [0.4, 0.5) is 0 Å². The van der Waals surface area contributed by atoms with Crippen molar-refractivity contribution in [1.82, 2.24) is 4.98 Å². The number of nitriles is 1. The van der Waals surface area contributed by atoms with Gasteiger partial charge in [-0.05, 0) is 19.0 Å². The highest BCUT2D eigenvalue weighted by molar-refractivity contribution is 6.38. The maximum atomic E-state index is 8.25. The number of aromatic nitrogens is 1. The molecule has 1 rings (SSSR count). The molecule has 0 spiro atoms. The van der Waals surface area contributed by atoms with Crippen LogP contribution in [-0.2, 0) is 0 Å². The van der Waals surface area contributed by atoms with Crippen molar-refractivity contribution in [3.8, 4) is 6.07 Å². The van der Waals surface area contributed by atoms with Gasteiger partial charge in [-0.15, -0.1) is 0 Å². The quantitative estimate of drug-likeness (QED) is 0.530. The van der Waals surface area contributed by atoms with Gasteiger partial charge in [0.05, 0.1) is 5.56 Å². The van der Waals surface area contributed by atoms with Gasteiger partial charge in [-0.3, -0.25) is 4.98 Å². The van der Waals surface area contributed by atoms with Crippen molar-refractivity contribution < 1.29 is 10.0 Å². The van der Waals surface area contributed by atoms with E-state index in [1.165, 1.54) is 13.0 Å². The van der Waals surface area contributed by atoms with E-state index in [-0.39, 0.29) is 0 Å². The van der Waals surface area contributed by atoms with Crippen LogP contribution in [0.3, 0.4) is 0 Å². The summed E-state index contributed by atoms with van der Waals surface area (Å²) in [5, 5.41) is 23.5. The lowest BCUT2D eigenvalue weighted by atomic mass is 9.99. The number of hydrogen-bond acceptors (Lipinski definition) is 4. The first-order valence-electron chi connectivity index (χ1n) is 3.33. The number of pyridine rings is 1. The Kier molecular flexibility index (Phi) is 5.62. The lowest BCUT2D eigenvalue weighted by Crippen LogP contribution is -2.00. The second-order valence-corrected chi connectivity index (χ2v) is 1.99. The average molecular weight is 164 g/mol. The minimum absolute atomic E-state index is 0.604. The zero-order valence-electron chi connectivity index (χ0n) is 6.68. The molecule has 1 aromatic heterocycles. The zero-order chi connectivity index (χ0) is 9.40. The molecule has 0 saturated carbocycles. The van der Waals surface area contributed by atoms with Gasteiger partial charge in [-0.1, -0.05) is 0 Å². The molecule has 0 unspecified atom stereocenters. The van der Waals surface area contributed by atoms with E-state index in [1.807, 2.05) is 6.07 Å². The Morgan fingerprint density at radius 3 is 2.42 bits per heavy atom. The molecule has 62 valence electrons. The van der Waals surface area contributed by atoms with Crippen molar-refractivity contribution in [3.05, 3.63) is 30.1 Å². The minimum atomic E-state index is -1.17. The fourth-order valence-electron chi connectivity index (χ4n) is 0.429. The summed E-state index contributed by atoms with van der Waals surface area (Å²) in [5.74, 6) is 0. The molecule has 4 nitrogen and oxygen atoms in total. The van der Waals surface area contributed by atoms with Crippen LogP contribution in [0.25, 0.3) is 0 Å². The van der Waals surface area contributed by atoms with Gasteiger partial charge in [0.15, 0.2) is 0 Å². The van der Waals surface area contributed by atoms with Crippen LogP contribution >= 0.6 is 0 Å². The third-order valence-electron chi connectivity index (χ3n) is 0.791. The Labute approximate surface area is 71.3 Å². The second kappa shape index (κ2) is 6.34. The summed E-state index contributed by atoms with van der Waals surface area (Å²) in [6.07, 6.45) is 3.17. The van der Waals surface area contributed by atoms with E-state index >= 15 is 0 Å². The molecule has 0 aromatic carbocycles. The molecule has 0 aliphatic carbocycles. The summed E-state index contributed by atoms with van der Waals surface area (Å²) < 4.78 is 0. The van der Waals surface area contributed by atoms with Gasteiger partial charge in [0.25, 0.3) is 0 Å². The van der Waals surface area contributed by atoms with E-state index in [9.17, 15) is 0 Å². The third-order valence-corrected chi connectivity index (χ3v) is 0.791. The topological polar surface area (TPSA) is 77.1 Å². The summed E-state index contributed by atoms with van der Waals surface area (Å²) in [6.45, 7) is 1.28. The number of hydrogen-bond donors (Lipinski definition) is 2. The molecule has 0 atom stereocenters. The average Bonchev–Trinajstić information content (AvgIpc) is 2.05. The summed E-state index contributed by atoms with van der Waals surface area (Å²) in [7, 11) is -1.17. The lowest BCUT2D eigenvalue weighted by Gasteiger charge is -1.79. The highest BCUT2D eigenvalue weighted by Gasteiger charge is 1.86. The van der Waals surface area contributed by atoms with Crippen molar-refractivity contribution in [3.63, 3.8) is 0 Å². The van der Waals surface area contributed by atoms with Crippen LogP contribution in [-0.4, -0.2) is 22.2 Å². The fourth-order valence-corrected chi connectivity index (χ4v) is 0.429. The third kappa shape index (κ3) is 6.74. The van der Waals surface area contributed by atoms with E-state index in [0.29, 0.717) is 5.56 Å². The Bertz CT molecular complexity index is 243. The van der Waals surface area contributed by atoms with Gasteiger partial charge in [-0.2, -0.15) is 5.26 Å². The molecule has 0 aliphatic rings. The van der Waals surface area contributed by atoms with Gasteiger partial charge < -0.3 is 10.0 Å². The van der Waals surface area contributed by atoms with Crippen LogP contribution < -0.4 is 0 Å².